The number of benzene rings is 1. The first-order chi connectivity index (χ1) is 9.38. The molecule has 0 saturated carbocycles. The molecule has 1 unspecified atom stereocenters. The highest BCUT2D eigenvalue weighted by atomic mass is 35.5. The summed E-state index contributed by atoms with van der Waals surface area (Å²) in [5, 5.41) is 4.31. The van der Waals surface area contributed by atoms with E-state index in [1.54, 1.807) is 7.11 Å². The Labute approximate surface area is 128 Å². The number of methoxy groups -OCH3 is 1. The molecule has 1 N–H and O–H groups in total. The normalized spacial score (nSPS) is 13.3. The second-order valence-electron chi connectivity index (χ2n) is 6.43. The van der Waals surface area contributed by atoms with Gasteiger partial charge in [-0.05, 0) is 61.0 Å². The lowest BCUT2D eigenvalue weighted by atomic mass is 9.77. The molecule has 0 radical (unpaired) electrons. The van der Waals surface area contributed by atoms with E-state index in [9.17, 15) is 0 Å². The molecule has 0 fully saturated rings. The summed E-state index contributed by atoms with van der Waals surface area (Å²) in [6.07, 6.45) is 2.14. The third-order valence-electron chi connectivity index (χ3n) is 3.75. The molecule has 0 amide bonds. The zero-order valence-corrected chi connectivity index (χ0v) is 14.2. The van der Waals surface area contributed by atoms with Gasteiger partial charge in [-0.1, -0.05) is 39.3 Å². The summed E-state index contributed by atoms with van der Waals surface area (Å²) in [5.41, 5.74) is 1.44. The summed E-state index contributed by atoms with van der Waals surface area (Å²) < 4.78 is 5.46. The van der Waals surface area contributed by atoms with Crippen molar-refractivity contribution in [3.63, 3.8) is 0 Å². The summed E-state index contributed by atoms with van der Waals surface area (Å²) in [7, 11) is 1.72. The van der Waals surface area contributed by atoms with E-state index in [-0.39, 0.29) is 5.41 Å². The fourth-order valence-corrected chi connectivity index (χ4v) is 2.50. The Bertz CT molecular complexity index is 412. The van der Waals surface area contributed by atoms with E-state index < -0.39 is 0 Å². The molecular formula is C17H28ClNO. The van der Waals surface area contributed by atoms with Gasteiger partial charge in [0, 0.05) is 5.02 Å². The van der Waals surface area contributed by atoms with Crippen LogP contribution in [0.5, 0.6) is 5.75 Å². The van der Waals surface area contributed by atoms with E-state index in [2.05, 4.69) is 33.0 Å². The molecule has 0 heterocycles. The summed E-state index contributed by atoms with van der Waals surface area (Å²) in [6.45, 7) is 11.2. The zero-order valence-electron chi connectivity index (χ0n) is 13.4. The molecule has 114 valence electrons. The smallest absolute Gasteiger partial charge is 0.122 e. The molecule has 0 spiro atoms. The maximum absolute atomic E-state index is 6.13. The number of hydrogen-bond donors (Lipinski definition) is 1. The van der Waals surface area contributed by atoms with Crippen LogP contribution in [0.25, 0.3) is 0 Å². The Morgan fingerprint density at radius 2 is 2.00 bits per heavy atom. The molecule has 0 aromatic heterocycles. The molecule has 0 bridgehead atoms. The van der Waals surface area contributed by atoms with E-state index in [0.717, 1.165) is 36.7 Å². The van der Waals surface area contributed by atoms with Crippen molar-refractivity contribution in [3.05, 3.63) is 28.8 Å². The monoisotopic (exact) mass is 297 g/mol. The Hall–Kier alpha value is -0.730. The highest BCUT2D eigenvalue weighted by Crippen LogP contribution is 2.32. The minimum atomic E-state index is 0.244. The number of nitrogens with one attached hydrogen (secondary N) is 1. The number of rotatable bonds is 7. The molecule has 1 rings (SSSR count). The van der Waals surface area contributed by atoms with Gasteiger partial charge in [0.15, 0.2) is 0 Å². The molecule has 2 nitrogen and oxygen atoms in total. The average Bonchev–Trinajstić information content (AvgIpc) is 2.37. The SMILES string of the molecule is CCCNCC(Cc1cc(Cl)ccc1OC)C(C)(C)C. The van der Waals surface area contributed by atoms with Crippen molar-refractivity contribution in [1.29, 1.82) is 0 Å². The Morgan fingerprint density at radius 3 is 2.55 bits per heavy atom. The van der Waals surface area contributed by atoms with Gasteiger partial charge in [0.05, 0.1) is 7.11 Å². The fraction of sp³-hybridized carbons (Fsp3) is 0.647. The molecule has 1 atom stereocenters. The van der Waals surface area contributed by atoms with Gasteiger partial charge in [0.1, 0.15) is 5.75 Å². The number of ether oxygens (including phenoxy) is 1. The Morgan fingerprint density at radius 1 is 1.30 bits per heavy atom. The predicted molar refractivity (Wildman–Crippen MR) is 87.8 cm³/mol. The molecule has 1 aromatic rings. The van der Waals surface area contributed by atoms with Gasteiger partial charge in [-0.3, -0.25) is 0 Å². The van der Waals surface area contributed by atoms with E-state index in [1.807, 2.05) is 18.2 Å². The molecular weight excluding hydrogens is 270 g/mol. The lowest BCUT2D eigenvalue weighted by Crippen LogP contribution is -2.33. The first kappa shape index (κ1) is 17.3. The van der Waals surface area contributed by atoms with Crippen LogP contribution in [-0.2, 0) is 6.42 Å². The minimum absolute atomic E-state index is 0.244. The molecule has 0 saturated heterocycles. The van der Waals surface area contributed by atoms with Gasteiger partial charge in [-0.2, -0.15) is 0 Å². The highest BCUT2D eigenvalue weighted by molar-refractivity contribution is 6.30. The second-order valence-corrected chi connectivity index (χ2v) is 6.86. The van der Waals surface area contributed by atoms with Crippen LogP contribution in [0.2, 0.25) is 5.02 Å². The van der Waals surface area contributed by atoms with Crippen LogP contribution >= 0.6 is 11.6 Å². The van der Waals surface area contributed by atoms with Crippen molar-refractivity contribution in [1.82, 2.24) is 5.32 Å². The van der Waals surface area contributed by atoms with Crippen LogP contribution in [0.15, 0.2) is 18.2 Å². The van der Waals surface area contributed by atoms with Crippen molar-refractivity contribution in [2.45, 2.75) is 40.5 Å². The first-order valence-corrected chi connectivity index (χ1v) is 7.79. The highest BCUT2D eigenvalue weighted by Gasteiger charge is 2.25. The van der Waals surface area contributed by atoms with Crippen molar-refractivity contribution in [2.24, 2.45) is 11.3 Å². The lowest BCUT2D eigenvalue weighted by molar-refractivity contribution is 0.229. The van der Waals surface area contributed by atoms with E-state index in [1.165, 1.54) is 5.56 Å². The topological polar surface area (TPSA) is 21.3 Å². The summed E-state index contributed by atoms with van der Waals surface area (Å²) >= 11 is 6.13. The summed E-state index contributed by atoms with van der Waals surface area (Å²) in [5.74, 6) is 1.47. The average molecular weight is 298 g/mol. The molecule has 3 heteroatoms. The van der Waals surface area contributed by atoms with Crippen LogP contribution in [0, 0.1) is 11.3 Å². The van der Waals surface area contributed by atoms with Crippen LogP contribution in [0.4, 0.5) is 0 Å². The van der Waals surface area contributed by atoms with E-state index in [4.69, 9.17) is 16.3 Å². The minimum Gasteiger partial charge on any atom is -0.496 e. The summed E-state index contributed by atoms with van der Waals surface area (Å²) in [6, 6.07) is 5.86. The molecule has 0 aliphatic carbocycles. The molecule has 20 heavy (non-hydrogen) atoms. The maximum atomic E-state index is 6.13. The number of halogens is 1. The fourth-order valence-electron chi connectivity index (χ4n) is 2.31. The third-order valence-corrected chi connectivity index (χ3v) is 3.99. The van der Waals surface area contributed by atoms with Crippen molar-refractivity contribution < 1.29 is 4.74 Å². The molecule has 1 aromatic carbocycles. The van der Waals surface area contributed by atoms with Crippen molar-refractivity contribution in [3.8, 4) is 5.75 Å². The molecule has 0 aliphatic heterocycles. The van der Waals surface area contributed by atoms with Gasteiger partial charge in [0.2, 0.25) is 0 Å². The van der Waals surface area contributed by atoms with Crippen LogP contribution in [0.3, 0.4) is 0 Å². The van der Waals surface area contributed by atoms with Gasteiger partial charge in [-0.15, -0.1) is 0 Å². The second kappa shape index (κ2) is 7.90. The van der Waals surface area contributed by atoms with Gasteiger partial charge >= 0.3 is 0 Å². The Kier molecular flexibility index (Phi) is 6.84. The van der Waals surface area contributed by atoms with Crippen LogP contribution < -0.4 is 10.1 Å². The largest absolute Gasteiger partial charge is 0.496 e. The Balaban J connectivity index is 2.86. The quantitative estimate of drug-likeness (QED) is 0.745. The van der Waals surface area contributed by atoms with Gasteiger partial charge in [-0.25, -0.2) is 0 Å². The maximum Gasteiger partial charge on any atom is 0.122 e. The van der Waals surface area contributed by atoms with Crippen molar-refractivity contribution in [2.75, 3.05) is 20.2 Å². The van der Waals surface area contributed by atoms with Crippen LogP contribution in [0.1, 0.15) is 39.7 Å². The third kappa shape index (κ3) is 5.34. The van der Waals surface area contributed by atoms with Gasteiger partial charge < -0.3 is 10.1 Å². The summed E-state index contributed by atoms with van der Waals surface area (Å²) in [4.78, 5) is 0. The number of hydrogen-bond acceptors (Lipinski definition) is 2. The lowest BCUT2D eigenvalue weighted by Gasteiger charge is -2.31. The zero-order chi connectivity index (χ0) is 15.2. The predicted octanol–water partition coefficient (Wildman–Crippen LogP) is 4.55. The van der Waals surface area contributed by atoms with Crippen molar-refractivity contribution >= 4 is 11.6 Å². The van der Waals surface area contributed by atoms with Gasteiger partial charge in [0.25, 0.3) is 0 Å². The molecule has 0 aliphatic rings. The van der Waals surface area contributed by atoms with E-state index >= 15 is 0 Å². The van der Waals surface area contributed by atoms with Crippen LogP contribution in [-0.4, -0.2) is 20.2 Å². The first-order valence-electron chi connectivity index (χ1n) is 7.41. The standard InChI is InChI=1S/C17H28ClNO/c1-6-9-19-12-14(17(2,3)4)10-13-11-15(18)7-8-16(13)20-5/h7-8,11,14,19H,6,9-10,12H2,1-5H3. The van der Waals surface area contributed by atoms with E-state index in [0.29, 0.717) is 5.92 Å².